The first-order chi connectivity index (χ1) is 15.0. The maximum absolute atomic E-state index is 13.4. The normalized spacial score (nSPS) is 18.4. The zero-order valence-corrected chi connectivity index (χ0v) is 18.5. The molecule has 2 aliphatic rings. The molecule has 0 spiro atoms. The molecular formula is C23H33N3O5. The lowest BCUT2D eigenvalue weighted by molar-refractivity contribution is -0.138. The molecule has 2 heterocycles. The van der Waals surface area contributed by atoms with Crippen LogP contribution in [0.3, 0.4) is 0 Å². The molecule has 3 rings (SSSR count). The highest BCUT2D eigenvalue weighted by molar-refractivity contribution is 5.97. The number of likely N-dealkylation sites (tertiary alicyclic amines) is 2. The van der Waals surface area contributed by atoms with Crippen molar-refractivity contribution in [3.63, 3.8) is 0 Å². The predicted molar refractivity (Wildman–Crippen MR) is 116 cm³/mol. The molecule has 0 saturated carbocycles. The van der Waals surface area contributed by atoms with E-state index in [2.05, 4.69) is 5.32 Å². The third-order valence-corrected chi connectivity index (χ3v) is 6.20. The van der Waals surface area contributed by atoms with E-state index in [1.807, 2.05) is 4.90 Å². The van der Waals surface area contributed by atoms with Crippen LogP contribution in [0.4, 0.5) is 0 Å². The van der Waals surface area contributed by atoms with Gasteiger partial charge in [0.2, 0.25) is 11.8 Å². The molecule has 170 valence electrons. The Kier molecular flexibility index (Phi) is 8.28. The third kappa shape index (κ3) is 5.97. The van der Waals surface area contributed by atoms with Crippen LogP contribution >= 0.6 is 0 Å². The topological polar surface area (TPSA) is 88.2 Å². The molecule has 1 unspecified atom stereocenters. The van der Waals surface area contributed by atoms with E-state index < -0.39 is 6.04 Å². The van der Waals surface area contributed by atoms with E-state index in [1.165, 1.54) is 7.11 Å². The first kappa shape index (κ1) is 23.1. The molecule has 1 N–H and O–H groups in total. The number of methoxy groups -OCH3 is 2. The van der Waals surface area contributed by atoms with Gasteiger partial charge in [-0.2, -0.15) is 0 Å². The molecule has 31 heavy (non-hydrogen) atoms. The maximum Gasteiger partial charge on any atom is 0.251 e. The lowest BCUT2D eigenvalue weighted by Crippen LogP contribution is -2.55. The van der Waals surface area contributed by atoms with Crippen molar-refractivity contribution in [2.75, 3.05) is 47.0 Å². The summed E-state index contributed by atoms with van der Waals surface area (Å²) < 4.78 is 10.1. The van der Waals surface area contributed by atoms with Gasteiger partial charge in [0.1, 0.15) is 18.4 Å². The zero-order chi connectivity index (χ0) is 22.2. The number of ether oxygens (including phenoxy) is 2. The lowest BCUT2D eigenvalue weighted by atomic mass is 9.87. The summed E-state index contributed by atoms with van der Waals surface area (Å²) in [6.07, 6.45) is 4.46. The Balaban J connectivity index is 1.71. The van der Waals surface area contributed by atoms with Crippen molar-refractivity contribution in [2.24, 2.45) is 5.92 Å². The average Bonchev–Trinajstić information content (AvgIpc) is 2.83. The minimum absolute atomic E-state index is 0.0109. The molecule has 8 heteroatoms. The maximum atomic E-state index is 13.4. The molecule has 2 fully saturated rings. The van der Waals surface area contributed by atoms with Crippen LogP contribution in [0, 0.1) is 5.92 Å². The summed E-state index contributed by atoms with van der Waals surface area (Å²) >= 11 is 0. The van der Waals surface area contributed by atoms with Crippen LogP contribution in [0.25, 0.3) is 0 Å². The highest BCUT2D eigenvalue weighted by Gasteiger charge is 2.36. The van der Waals surface area contributed by atoms with Crippen LogP contribution in [-0.2, 0) is 14.3 Å². The smallest absolute Gasteiger partial charge is 0.251 e. The average molecular weight is 432 g/mol. The molecule has 0 radical (unpaired) electrons. The summed E-state index contributed by atoms with van der Waals surface area (Å²) in [5.41, 5.74) is 0.491. The largest absolute Gasteiger partial charge is 0.497 e. The SMILES string of the molecule is COCC(=O)N1CCC(C(NC(=O)c2ccc(OC)cc2)C(=O)N2CCCCC2)CC1. The summed E-state index contributed by atoms with van der Waals surface area (Å²) in [6.45, 7) is 2.66. The van der Waals surface area contributed by atoms with E-state index in [1.54, 1.807) is 36.3 Å². The van der Waals surface area contributed by atoms with Gasteiger partial charge in [0.05, 0.1) is 7.11 Å². The number of carbonyl (C=O) groups is 3. The number of carbonyl (C=O) groups excluding carboxylic acids is 3. The van der Waals surface area contributed by atoms with Gasteiger partial charge in [-0.25, -0.2) is 0 Å². The predicted octanol–water partition coefficient (Wildman–Crippen LogP) is 1.69. The summed E-state index contributed by atoms with van der Waals surface area (Å²) in [4.78, 5) is 42.1. The van der Waals surface area contributed by atoms with Crippen molar-refractivity contribution in [3.8, 4) is 5.75 Å². The Hall–Kier alpha value is -2.61. The highest BCUT2D eigenvalue weighted by Crippen LogP contribution is 2.24. The molecule has 0 bridgehead atoms. The van der Waals surface area contributed by atoms with E-state index in [0.717, 1.165) is 32.4 Å². The number of nitrogens with one attached hydrogen (secondary N) is 1. The fraction of sp³-hybridized carbons (Fsp3) is 0.609. The molecule has 2 aliphatic heterocycles. The number of amides is 3. The van der Waals surface area contributed by atoms with E-state index in [-0.39, 0.29) is 30.2 Å². The van der Waals surface area contributed by atoms with Crippen molar-refractivity contribution in [3.05, 3.63) is 29.8 Å². The summed E-state index contributed by atoms with van der Waals surface area (Å²) in [5, 5.41) is 3.01. The second kappa shape index (κ2) is 11.1. The van der Waals surface area contributed by atoms with E-state index >= 15 is 0 Å². The van der Waals surface area contributed by atoms with Gasteiger partial charge in [0.15, 0.2) is 0 Å². The lowest BCUT2D eigenvalue weighted by Gasteiger charge is -2.38. The van der Waals surface area contributed by atoms with Crippen LogP contribution in [0.2, 0.25) is 0 Å². The minimum Gasteiger partial charge on any atom is -0.497 e. The number of piperidine rings is 2. The van der Waals surface area contributed by atoms with Crippen molar-refractivity contribution in [1.82, 2.24) is 15.1 Å². The molecule has 3 amide bonds. The number of hydrogen-bond donors (Lipinski definition) is 1. The van der Waals surface area contributed by atoms with Gasteiger partial charge >= 0.3 is 0 Å². The van der Waals surface area contributed by atoms with Crippen LogP contribution in [0.1, 0.15) is 42.5 Å². The van der Waals surface area contributed by atoms with Gasteiger partial charge < -0.3 is 24.6 Å². The van der Waals surface area contributed by atoms with Gasteiger partial charge in [0, 0.05) is 38.9 Å². The standard InChI is InChI=1S/C23H33N3O5/c1-30-16-20(27)25-14-10-17(11-15-25)21(23(29)26-12-4-3-5-13-26)24-22(28)18-6-8-19(31-2)9-7-18/h6-9,17,21H,3-5,10-16H2,1-2H3,(H,24,28). The Morgan fingerprint density at radius 1 is 0.968 bits per heavy atom. The second-order valence-corrected chi connectivity index (χ2v) is 8.22. The molecule has 8 nitrogen and oxygen atoms in total. The summed E-state index contributed by atoms with van der Waals surface area (Å²) in [7, 11) is 3.08. The Bertz CT molecular complexity index is 753. The Morgan fingerprint density at radius 3 is 2.19 bits per heavy atom. The van der Waals surface area contributed by atoms with E-state index in [4.69, 9.17) is 9.47 Å². The van der Waals surface area contributed by atoms with E-state index in [9.17, 15) is 14.4 Å². The highest BCUT2D eigenvalue weighted by atomic mass is 16.5. The third-order valence-electron chi connectivity index (χ3n) is 6.20. The second-order valence-electron chi connectivity index (χ2n) is 8.22. The first-order valence-electron chi connectivity index (χ1n) is 11.0. The van der Waals surface area contributed by atoms with E-state index in [0.29, 0.717) is 37.2 Å². The van der Waals surface area contributed by atoms with Crippen LogP contribution in [0.15, 0.2) is 24.3 Å². The van der Waals surface area contributed by atoms with Crippen molar-refractivity contribution in [1.29, 1.82) is 0 Å². The van der Waals surface area contributed by atoms with Gasteiger partial charge in [-0.3, -0.25) is 14.4 Å². The van der Waals surface area contributed by atoms with Crippen molar-refractivity contribution < 1.29 is 23.9 Å². The molecule has 2 saturated heterocycles. The number of rotatable bonds is 7. The number of benzene rings is 1. The first-order valence-corrected chi connectivity index (χ1v) is 11.0. The van der Waals surface area contributed by atoms with Gasteiger partial charge in [-0.15, -0.1) is 0 Å². The molecule has 1 aromatic carbocycles. The zero-order valence-electron chi connectivity index (χ0n) is 18.5. The fourth-order valence-corrected chi connectivity index (χ4v) is 4.36. The van der Waals surface area contributed by atoms with Crippen molar-refractivity contribution in [2.45, 2.75) is 38.1 Å². The Morgan fingerprint density at radius 2 is 1.61 bits per heavy atom. The molecular weight excluding hydrogens is 398 g/mol. The van der Waals surface area contributed by atoms with Crippen LogP contribution < -0.4 is 10.1 Å². The minimum atomic E-state index is -0.590. The molecule has 0 aromatic heterocycles. The van der Waals surface area contributed by atoms with Gasteiger partial charge in [-0.1, -0.05) is 0 Å². The van der Waals surface area contributed by atoms with Crippen molar-refractivity contribution >= 4 is 17.7 Å². The van der Waals surface area contributed by atoms with Crippen LogP contribution in [0.5, 0.6) is 5.75 Å². The molecule has 1 atom stereocenters. The quantitative estimate of drug-likeness (QED) is 0.710. The summed E-state index contributed by atoms with van der Waals surface area (Å²) in [5.74, 6) is 0.343. The van der Waals surface area contributed by atoms with Crippen LogP contribution in [-0.4, -0.2) is 80.6 Å². The summed E-state index contributed by atoms with van der Waals surface area (Å²) in [6, 6.07) is 6.27. The Labute approximate surface area is 183 Å². The fourth-order valence-electron chi connectivity index (χ4n) is 4.36. The number of hydrogen-bond acceptors (Lipinski definition) is 5. The van der Waals surface area contributed by atoms with Gasteiger partial charge in [0.25, 0.3) is 5.91 Å². The number of nitrogens with zero attached hydrogens (tertiary/aromatic N) is 2. The van der Waals surface area contributed by atoms with Gasteiger partial charge in [-0.05, 0) is 62.3 Å². The molecule has 1 aromatic rings. The monoisotopic (exact) mass is 431 g/mol. The molecule has 0 aliphatic carbocycles.